The van der Waals surface area contributed by atoms with Crippen LogP contribution in [-0.2, 0) is 10.0 Å². The number of rotatable bonds is 8. The first-order chi connectivity index (χ1) is 12.7. The summed E-state index contributed by atoms with van der Waals surface area (Å²) in [5.74, 6) is 0.332. The second-order valence-corrected chi connectivity index (χ2v) is 8.31. The molecule has 7 nitrogen and oxygen atoms in total. The number of benzene rings is 2. The SMILES string of the molecule is CCOc1ccc(S(=O)(=O)Nc2ccc(C(=O)NC(C)(C)CN)cc2)cc1. The molecule has 0 bridgehead atoms. The predicted octanol–water partition coefficient (Wildman–Crippen LogP) is 2.35. The summed E-state index contributed by atoms with van der Waals surface area (Å²) in [4.78, 5) is 12.3. The number of hydrogen-bond donors (Lipinski definition) is 3. The van der Waals surface area contributed by atoms with Crippen molar-refractivity contribution in [2.45, 2.75) is 31.2 Å². The molecule has 2 aromatic rings. The first-order valence-corrected chi connectivity index (χ1v) is 10.0. The van der Waals surface area contributed by atoms with Gasteiger partial charge in [0, 0.05) is 23.3 Å². The van der Waals surface area contributed by atoms with Gasteiger partial charge in [-0.1, -0.05) is 0 Å². The van der Waals surface area contributed by atoms with Crippen LogP contribution in [0.4, 0.5) is 5.69 Å². The third kappa shape index (κ3) is 5.70. The number of hydrogen-bond acceptors (Lipinski definition) is 5. The van der Waals surface area contributed by atoms with Gasteiger partial charge >= 0.3 is 0 Å². The van der Waals surface area contributed by atoms with Gasteiger partial charge in [-0.25, -0.2) is 8.42 Å². The highest BCUT2D eigenvalue weighted by Gasteiger charge is 2.19. The van der Waals surface area contributed by atoms with Crippen LogP contribution in [0.2, 0.25) is 0 Å². The number of ether oxygens (including phenoxy) is 1. The average molecular weight is 391 g/mol. The molecule has 2 rings (SSSR count). The molecule has 0 fully saturated rings. The molecule has 0 aromatic heterocycles. The Kier molecular flexibility index (Phi) is 6.45. The standard InChI is InChI=1S/C19H25N3O4S/c1-4-26-16-9-11-17(12-10-16)27(24,25)22-15-7-5-14(6-8-15)18(23)21-19(2,3)13-20/h5-12,22H,4,13,20H2,1-3H3,(H,21,23). The van der Waals surface area contributed by atoms with Crippen LogP contribution in [0.1, 0.15) is 31.1 Å². The minimum atomic E-state index is -3.73. The summed E-state index contributed by atoms with van der Waals surface area (Å²) in [5.41, 5.74) is 5.86. The molecule has 0 unspecified atom stereocenters. The molecule has 0 atom stereocenters. The van der Waals surface area contributed by atoms with Crippen LogP contribution < -0.4 is 20.5 Å². The first kappa shape index (κ1) is 20.7. The molecule has 0 aliphatic rings. The normalized spacial score (nSPS) is 11.7. The zero-order valence-electron chi connectivity index (χ0n) is 15.7. The molecule has 2 aromatic carbocycles. The molecule has 146 valence electrons. The predicted molar refractivity (Wildman–Crippen MR) is 105 cm³/mol. The fourth-order valence-electron chi connectivity index (χ4n) is 2.22. The highest BCUT2D eigenvalue weighted by Crippen LogP contribution is 2.20. The van der Waals surface area contributed by atoms with E-state index in [0.717, 1.165) is 0 Å². The van der Waals surface area contributed by atoms with E-state index < -0.39 is 15.6 Å². The lowest BCUT2D eigenvalue weighted by molar-refractivity contribution is 0.0915. The molecule has 8 heteroatoms. The van der Waals surface area contributed by atoms with Gasteiger partial charge in [0.15, 0.2) is 0 Å². The van der Waals surface area contributed by atoms with Crippen molar-refractivity contribution in [2.75, 3.05) is 17.9 Å². The summed E-state index contributed by atoms with van der Waals surface area (Å²) in [6.45, 7) is 6.31. The van der Waals surface area contributed by atoms with Gasteiger partial charge in [-0.3, -0.25) is 9.52 Å². The molecular weight excluding hydrogens is 366 g/mol. The summed E-state index contributed by atoms with van der Waals surface area (Å²) in [5, 5.41) is 2.82. The van der Waals surface area contributed by atoms with Crippen molar-refractivity contribution in [3.05, 3.63) is 54.1 Å². The van der Waals surface area contributed by atoms with Crippen molar-refractivity contribution in [2.24, 2.45) is 5.73 Å². The maximum Gasteiger partial charge on any atom is 0.261 e. The third-order valence-electron chi connectivity index (χ3n) is 3.81. The minimum absolute atomic E-state index is 0.123. The average Bonchev–Trinajstić information content (AvgIpc) is 2.62. The number of carbonyl (C=O) groups is 1. The van der Waals surface area contributed by atoms with Gasteiger partial charge in [0.05, 0.1) is 11.5 Å². The van der Waals surface area contributed by atoms with Crippen LogP contribution >= 0.6 is 0 Å². The summed E-state index contributed by atoms with van der Waals surface area (Å²) in [6, 6.07) is 12.3. The van der Waals surface area contributed by atoms with E-state index in [4.69, 9.17) is 10.5 Å². The molecule has 0 saturated heterocycles. The monoisotopic (exact) mass is 391 g/mol. The molecule has 27 heavy (non-hydrogen) atoms. The Morgan fingerprint density at radius 1 is 1.07 bits per heavy atom. The first-order valence-electron chi connectivity index (χ1n) is 8.55. The quantitative estimate of drug-likeness (QED) is 0.640. The van der Waals surface area contributed by atoms with Gasteiger partial charge in [0.25, 0.3) is 15.9 Å². The number of sulfonamides is 1. The van der Waals surface area contributed by atoms with Gasteiger partial charge in [0.1, 0.15) is 5.75 Å². The molecule has 0 heterocycles. The van der Waals surface area contributed by atoms with Crippen molar-refractivity contribution in [3.63, 3.8) is 0 Å². The van der Waals surface area contributed by atoms with Crippen LogP contribution in [0.15, 0.2) is 53.4 Å². The lowest BCUT2D eigenvalue weighted by atomic mass is 10.1. The molecule has 4 N–H and O–H groups in total. The number of carbonyl (C=O) groups excluding carboxylic acids is 1. The van der Waals surface area contributed by atoms with Crippen molar-refractivity contribution >= 4 is 21.6 Å². The van der Waals surface area contributed by atoms with E-state index in [2.05, 4.69) is 10.0 Å². The second kappa shape index (κ2) is 8.41. The topological polar surface area (TPSA) is 111 Å². The van der Waals surface area contributed by atoms with Gasteiger partial charge in [-0.15, -0.1) is 0 Å². The Hall–Kier alpha value is -2.58. The Balaban J connectivity index is 2.09. The highest BCUT2D eigenvalue weighted by molar-refractivity contribution is 7.92. The lowest BCUT2D eigenvalue weighted by Crippen LogP contribution is -2.48. The minimum Gasteiger partial charge on any atom is -0.494 e. The largest absolute Gasteiger partial charge is 0.494 e. The second-order valence-electron chi connectivity index (χ2n) is 6.63. The van der Waals surface area contributed by atoms with Crippen LogP contribution in [0.3, 0.4) is 0 Å². The van der Waals surface area contributed by atoms with Crippen LogP contribution in [0, 0.1) is 0 Å². The highest BCUT2D eigenvalue weighted by atomic mass is 32.2. The van der Waals surface area contributed by atoms with E-state index in [9.17, 15) is 13.2 Å². The van der Waals surface area contributed by atoms with Gasteiger partial charge in [-0.2, -0.15) is 0 Å². The molecule has 0 radical (unpaired) electrons. The summed E-state index contributed by atoms with van der Waals surface area (Å²) >= 11 is 0. The Morgan fingerprint density at radius 3 is 2.19 bits per heavy atom. The van der Waals surface area contributed by atoms with Crippen molar-refractivity contribution in [1.29, 1.82) is 0 Å². The smallest absolute Gasteiger partial charge is 0.261 e. The van der Waals surface area contributed by atoms with Gasteiger partial charge < -0.3 is 15.8 Å². The molecule has 0 aliphatic carbocycles. The fraction of sp³-hybridized carbons (Fsp3) is 0.316. The Morgan fingerprint density at radius 2 is 1.67 bits per heavy atom. The molecule has 0 saturated carbocycles. The van der Waals surface area contributed by atoms with E-state index in [-0.39, 0.29) is 10.8 Å². The Bertz CT molecular complexity index is 876. The zero-order chi connectivity index (χ0) is 20.1. The zero-order valence-corrected chi connectivity index (χ0v) is 16.5. The third-order valence-corrected chi connectivity index (χ3v) is 5.20. The number of amides is 1. The van der Waals surface area contributed by atoms with Crippen LogP contribution in [0.5, 0.6) is 5.75 Å². The summed E-state index contributed by atoms with van der Waals surface area (Å²) < 4.78 is 32.7. The van der Waals surface area contributed by atoms with Crippen molar-refractivity contribution in [3.8, 4) is 5.75 Å². The van der Waals surface area contributed by atoms with Crippen LogP contribution in [0.25, 0.3) is 0 Å². The van der Waals surface area contributed by atoms with E-state index in [1.54, 1.807) is 24.3 Å². The molecule has 1 amide bonds. The maximum absolute atomic E-state index is 12.5. The summed E-state index contributed by atoms with van der Waals surface area (Å²) in [6.07, 6.45) is 0. The Labute approximate surface area is 160 Å². The summed E-state index contributed by atoms with van der Waals surface area (Å²) in [7, 11) is -3.73. The number of nitrogens with two attached hydrogens (primary N) is 1. The fourth-order valence-corrected chi connectivity index (χ4v) is 3.27. The van der Waals surface area contributed by atoms with Gasteiger partial charge in [0.2, 0.25) is 0 Å². The number of anilines is 1. The van der Waals surface area contributed by atoms with E-state index in [1.807, 2.05) is 20.8 Å². The van der Waals surface area contributed by atoms with Crippen molar-refractivity contribution in [1.82, 2.24) is 5.32 Å². The van der Waals surface area contributed by atoms with E-state index in [0.29, 0.717) is 30.2 Å². The maximum atomic E-state index is 12.5. The van der Waals surface area contributed by atoms with Crippen molar-refractivity contribution < 1.29 is 17.9 Å². The van der Waals surface area contributed by atoms with E-state index >= 15 is 0 Å². The van der Waals surface area contributed by atoms with Gasteiger partial charge in [-0.05, 0) is 69.3 Å². The molecule has 0 aliphatic heterocycles. The van der Waals surface area contributed by atoms with Crippen LogP contribution in [-0.4, -0.2) is 33.0 Å². The molecule has 0 spiro atoms. The van der Waals surface area contributed by atoms with E-state index in [1.165, 1.54) is 24.3 Å². The number of nitrogens with one attached hydrogen (secondary N) is 2. The molecular formula is C19H25N3O4S. The lowest BCUT2D eigenvalue weighted by Gasteiger charge is -2.24.